The van der Waals surface area contributed by atoms with Crippen LogP contribution >= 0.6 is 0 Å². The summed E-state index contributed by atoms with van der Waals surface area (Å²) in [4.78, 5) is 24.6. The minimum Gasteiger partial charge on any atom is -0.508 e. The Balaban J connectivity index is 2.04. The molecule has 144 valence electrons. The Hall–Kier alpha value is -3.68. The van der Waals surface area contributed by atoms with Gasteiger partial charge in [-0.2, -0.15) is 0 Å². The first-order chi connectivity index (χ1) is 13.3. The van der Waals surface area contributed by atoms with E-state index in [1.807, 2.05) is 0 Å². The summed E-state index contributed by atoms with van der Waals surface area (Å²) in [6.45, 7) is 1.73. The Morgan fingerprint density at radius 3 is 2.32 bits per heavy atom. The molecule has 4 rings (SSSR count). The first-order valence-electron chi connectivity index (χ1n) is 8.62. The number of hydrogen-bond acceptors (Lipinski definition) is 7. The van der Waals surface area contributed by atoms with Gasteiger partial charge in [0.15, 0.2) is 11.3 Å². The van der Waals surface area contributed by atoms with Crippen LogP contribution in [0.3, 0.4) is 0 Å². The molecule has 28 heavy (non-hydrogen) atoms. The van der Waals surface area contributed by atoms with Crippen molar-refractivity contribution in [1.29, 1.82) is 0 Å². The van der Waals surface area contributed by atoms with Crippen LogP contribution in [0.4, 0.5) is 0 Å². The summed E-state index contributed by atoms with van der Waals surface area (Å²) in [5.74, 6) is -2.29. The predicted molar refractivity (Wildman–Crippen MR) is 99.2 cm³/mol. The summed E-state index contributed by atoms with van der Waals surface area (Å²) < 4.78 is 5.77. The smallest absolute Gasteiger partial charge is 0.238 e. The van der Waals surface area contributed by atoms with Crippen molar-refractivity contribution in [2.75, 3.05) is 0 Å². The van der Waals surface area contributed by atoms with E-state index in [0.29, 0.717) is 12.0 Å². The van der Waals surface area contributed by atoms with Gasteiger partial charge < -0.3 is 30.2 Å². The molecule has 0 aliphatic carbocycles. The Morgan fingerprint density at radius 2 is 1.71 bits per heavy atom. The lowest BCUT2D eigenvalue weighted by Crippen LogP contribution is -2.21. The fourth-order valence-electron chi connectivity index (χ4n) is 3.51. The molecule has 1 aromatic heterocycles. The van der Waals surface area contributed by atoms with Crippen molar-refractivity contribution >= 4 is 16.9 Å². The normalized spacial score (nSPS) is 19.1. The summed E-state index contributed by atoms with van der Waals surface area (Å²) in [6.07, 6.45) is 0.366. The Kier molecular flexibility index (Phi) is 3.92. The molecule has 2 atom stereocenters. The van der Waals surface area contributed by atoms with Gasteiger partial charge in [-0.15, -0.1) is 0 Å². The van der Waals surface area contributed by atoms with Gasteiger partial charge in [-0.05, 0) is 30.7 Å². The molecule has 0 unspecified atom stereocenters. The number of carbonyl (C=O) groups excluding carboxylic acids is 1. The number of aromatic hydroxyl groups is 4. The van der Waals surface area contributed by atoms with Gasteiger partial charge in [0.2, 0.25) is 17.1 Å². The molecule has 2 heterocycles. The van der Waals surface area contributed by atoms with Crippen LogP contribution in [0.5, 0.6) is 23.0 Å². The Labute approximate surface area is 158 Å². The maximum Gasteiger partial charge on any atom is 0.238 e. The zero-order valence-corrected chi connectivity index (χ0v) is 14.8. The molecule has 0 saturated carbocycles. The molecule has 0 spiro atoms. The number of rotatable bonds is 2. The zero-order valence-electron chi connectivity index (χ0n) is 14.8. The first kappa shape index (κ1) is 17.7. The van der Waals surface area contributed by atoms with Crippen LogP contribution in [-0.4, -0.2) is 26.3 Å². The number of nitrogens with one attached hydrogen (secondary N) is 1. The highest BCUT2D eigenvalue weighted by Crippen LogP contribution is 2.43. The van der Waals surface area contributed by atoms with Gasteiger partial charge in [-0.3, -0.25) is 9.59 Å². The van der Waals surface area contributed by atoms with Crippen LogP contribution in [0.1, 0.15) is 24.9 Å². The molecule has 3 aromatic rings. The van der Waals surface area contributed by atoms with E-state index in [1.54, 1.807) is 6.92 Å². The summed E-state index contributed by atoms with van der Waals surface area (Å²) >= 11 is 0. The van der Waals surface area contributed by atoms with E-state index >= 15 is 0 Å². The van der Waals surface area contributed by atoms with E-state index in [1.165, 1.54) is 24.3 Å². The standard InChI is InChI=1S/C20H17NO7/c1-8-6-11(21-20(8)27)14-12(23)7-13(24)15-16(25)17(26)18(28-19(14)15)9-2-4-10(22)5-3-9/h2-5,7-8,11,22-24,26H,6H2,1H3,(H,21,27)/t8-,11-/m1/s1. The van der Waals surface area contributed by atoms with Crippen LogP contribution in [0, 0.1) is 5.92 Å². The lowest BCUT2D eigenvalue weighted by molar-refractivity contribution is -0.122. The molecule has 8 heteroatoms. The number of benzene rings is 2. The molecule has 1 saturated heterocycles. The molecule has 0 radical (unpaired) electrons. The van der Waals surface area contributed by atoms with Crippen LogP contribution in [0.15, 0.2) is 39.5 Å². The average Bonchev–Trinajstić information content (AvgIpc) is 2.96. The topological polar surface area (TPSA) is 140 Å². The van der Waals surface area contributed by atoms with Crippen molar-refractivity contribution in [2.45, 2.75) is 19.4 Å². The lowest BCUT2D eigenvalue weighted by atomic mass is 9.97. The SMILES string of the molecule is C[C@@H]1C[C@H](c2c(O)cc(O)c3c(=O)c(O)c(-c4ccc(O)cc4)oc23)NC1=O. The highest BCUT2D eigenvalue weighted by Gasteiger charge is 2.34. The zero-order chi connectivity index (χ0) is 20.2. The molecular weight excluding hydrogens is 366 g/mol. The van der Waals surface area contributed by atoms with Crippen molar-refractivity contribution in [1.82, 2.24) is 5.32 Å². The van der Waals surface area contributed by atoms with Crippen molar-refractivity contribution < 1.29 is 29.6 Å². The van der Waals surface area contributed by atoms with E-state index in [0.717, 1.165) is 6.07 Å². The molecular formula is C20H17NO7. The van der Waals surface area contributed by atoms with Crippen molar-refractivity contribution in [3.8, 4) is 34.3 Å². The van der Waals surface area contributed by atoms with Crippen LogP contribution < -0.4 is 10.7 Å². The largest absolute Gasteiger partial charge is 0.508 e. The van der Waals surface area contributed by atoms with E-state index in [9.17, 15) is 30.0 Å². The molecule has 1 aliphatic rings. The van der Waals surface area contributed by atoms with Crippen LogP contribution in [0.25, 0.3) is 22.3 Å². The molecule has 1 aliphatic heterocycles. The number of phenolic OH excluding ortho intramolecular Hbond substituents is 3. The van der Waals surface area contributed by atoms with Gasteiger partial charge in [0, 0.05) is 17.5 Å². The minimum atomic E-state index is -0.875. The summed E-state index contributed by atoms with van der Waals surface area (Å²) in [7, 11) is 0. The molecule has 2 aromatic carbocycles. The highest BCUT2D eigenvalue weighted by molar-refractivity contribution is 5.92. The number of hydrogen-bond donors (Lipinski definition) is 5. The second-order valence-corrected chi connectivity index (χ2v) is 6.89. The quantitative estimate of drug-likeness (QED) is 0.458. The third-order valence-electron chi connectivity index (χ3n) is 4.97. The van der Waals surface area contributed by atoms with Gasteiger partial charge in [0.1, 0.15) is 22.6 Å². The van der Waals surface area contributed by atoms with E-state index < -0.39 is 23.0 Å². The molecule has 0 bridgehead atoms. The fourth-order valence-corrected chi connectivity index (χ4v) is 3.51. The van der Waals surface area contributed by atoms with E-state index in [-0.39, 0.29) is 45.6 Å². The fraction of sp³-hybridized carbons (Fsp3) is 0.200. The van der Waals surface area contributed by atoms with Crippen LogP contribution in [0.2, 0.25) is 0 Å². The van der Waals surface area contributed by atoms with Gasteiger partial charge >= 0.3 is 0 Å². The van der Waals surface area contributed by atoms with E-state index in [4.69, 9.17) is 4.42 Å². The second kappa shape index (κ2) is 6.19. The Morgan fingerprint density at radius 1 is 1.04 bits per heavy atom. The first-order valence-corrected chi connectivity index (χ1v) is 8.62. The Bertz CT molecular complexity index is 1160. The number of carbonyl (C=O) groups is 1. The molecule has 1 fully saturated rings. The van der Waals surface area contributed by atoms with Crippen molar-refractivity contribution in [3.63, 3.8) is 0 Å². The third-order valence-corrected chi connectivity index (χ3v) is 4.97. The maximum atomic E-state index is 12.7. The summed E-state index contributed by atoms with van der Waals surface area (Å²) in [5.41, 5.74) is -0.530. The van der Waals surface area contributed by atoms with Gasteiger partial charge in [0.25, 0.3) is 0 Å². The number of amides is 1. The second-order valence-electron chi connectivity index (χ2n) is 6.89. The third kappa shape index (κ3) is 2.61. The predicted octanol–water partition coefficient (Wildman–Crippen LogP) is 2.48. The van der Waals surface area contributed by atoms with Gasteiger partial charge in [0.05, 0.1) is 11.6 Å². The molecule has 5 N–H and O–H groups in total. The maximum absolute atomic E-state index is 12.7. The van der Waals surface area contributed by atoms with Gasteiger partial charge in [-0.25, -0.2) is 0 Å². The summed E-state index contributed by atoms with van der Waals surface area (Å²) in [6, 6.07) is 5.98. The molecule has 1 amide bonds. The average molecular weight is 383 g/mol. The summed E-state index contributed by atoms with van der Waals surface area (Å²) in [5, 5.41) is 42.8. The van der Waals surface area contributed by atoms with Gasteiger partial charge in [-0.1, -0.05) is 6.92 Å². The van der Waals surface area contributed by atoms with Crippen molar-refractivity contribution in [3.05, 3.63) is 46.1 Å². The monoisotopic (exact) mass is 383 g/mol. The highest BCUT2D eigenvalue weighted by atomic mass is 16.4. The van der Waals surface area contributed by atoms with Crippen molar-refractivity contribution in [2.24, 2.45) is 5.92 Å². The minimum absolute atomic E-state index is 0.00925. The number of phenols is 3. The number of fused-ring (bicyclic) bond motifs is 1. The van der Waals surface area contributed by atoms with Crippen LogP contribution in [-0.2, 0) is 4.79 Å². The van der Waals surface area contributed by atoms with E-state index in [2.05, 4.69) is 5.32 Å². The lowest BCUT2D eigenvalue weighted by Gasteiger charge is -2.16. The molecule has 8 nitrogen and oxygen atoms in total.